The third-order valence-corrected chi connectivity index (χ3v) is 3.24. The zero-order valence-electron chi connectivity index (χ0n) is 5.56. The number of halogens is 2. The van der Waals surface area contributed by atoms with Crippen LogP contribution in [0.2, 0.25) is 0 Å². The molecule has 11 heavy (non-hydrogen) atoms. The van der Waals surface area contributed by atoms with Crippen LogP contribution in [-0.2, 0) is 0 Å². The van der Waals surface area contributed by atoms with Crippen LogP contribution in [-0.4, -0.2) is 12.4 Å². The van der Waals surface area contributed by atoms with E-state index in [0.717, 1.165) is 4.47 Å². The van der Waals surface area contributed by atoms with Gasteiger partial charge < -0.3 is 4.74 Å². The van der Waals surface area contributed by atoms with Crippen LogP contribution in [0.1, 0.15) is 9.67 Å². The van der Waals surface area contributed by atoms with E-state index < -0.39 is 5.24 Å². The molecule has 1 aromatic rings. The second-order valence-corrected chi connectivity index (χ2v) is 3.80. The van der Waals surface area contributed by atoms with Crippen LogP contribution < -0.4 is 4.74 Å². The first kappa shape index (κ1) is 9.03. The molecule has 0 N–H and O–H groups in total. The Kier molecular flexibility index (Phi) is 2.92. The van der Waals surface area contributed by atoms with Crippen molar-refractivity contribution in [2.45, 2.75) is 0 Å². The van der Waals surface area contributed by atoms with Gasteiger partial charge in [0.1, 0.15) is 4.88 Å². The van der Waals surface area contributed by atoms with Crippen LogP contribution in [0.15, 0.2) is 9.85 Å². The van der Waals surface area contributed by atoms with Gasteiger partial charge in [0.25, 0.3) is 5.24 Å². The first-order chi connectivity index (χ1) is 5.16. The highest BCUT2D eigenvalue weighted by molar-refractivity contribution is 9.10. The van der Waals surface area contributed by atoms with Crippen molar-refractivity contribution in [1.29, 1.82) is 0 Å². The van der Waals surface area contributed by atoms with Gasteiger partial charge in [-0.25, -0.2) is 0 Å². The minimum Gasteiger partial charge on any atom is -0.494 e. The second-order valence-electron chi connectivity index (χ2n) is 1.72. The molecule has 0 aliphatic rings. The van der Waals surface area contributed by atoms with Crippen LogP contribution >= 0.6 is 38.9 Å². The quantitative estimate of drug-likeness (QED) is 0.760. The normalized spacial score (nSPS) is 9.73. The smallest absolute Gasteiger partial charge is 0.266 e. The third kappa shape index (κ3) is 1.75. The highest BCUT2D eigenvalue weighted by atomic mass is 79.9. The van der Waals surface area contributed by atoms with E-state index in [2.05, 4.69) is 15.9 Å². The topological polar surface area (TPSA) is 26.3 Å². The molecular formula is C6H4BrClO2S. The number of ether oxygens (including phenoxy) is 1. The molecular weight excluding hydrogens is 251 g/mol. The molecule has 0 saturated carbocycles. The molecule has 0 radical (unpaired) electrons. The van der Waals surface area contributed by atoms with Crippen LogP contribution in [0.5, 0.6) is 5.75 Å². The lowest BCUT2D eigenvalue weighted by atomic mass is 10.4. The highest BCUT2D eigenvalue weighted by Crippen LogP contribution is 2.35. The summed E-state index contributed by atoms with van der Waals surface area (Å²) in [4.78, 5) is 11.1. The highest BCUT2D eigenvalue weighted by Gasteiger charge is 2.14. The maximum absolute atomic E-state index is 10.7. The second kappa shape index (κ2) is 3.56. The van der Waals surface area contributed by atoms with Crippen molar-refractivity contribution in [3.8, 4) is 5.75 Å². The molecule has 60 valence electrons. The zero-order valence-corrected chi connectivity index (χ0v) is 8.72. The molecule has 0 aromatic carbocycles. The SMILES string of the molecule is COc1c(Br)csc1C(=O)Cl. The van der Waals surface area contributed by atoms with Crippen molar-refractivity contribution < 1.29 is 9.53 Å². The summed E-state index contributed by atoms with van der Waals surface area (Å²) in [5.74, 6) is 0.509. The number of methoxy groups -OCH3 is 1. The van der Waals surface area contributed by atoms with Crippen molar-refractivity contribution in [1.82, 2.24) is 0 Å². The molecule has 5 heteroatoms. The van der Waals surface area contributed by atoms with E-state index in [1.54, 1.807) is 5.38 Å². The molecule has 0 saturated heterocycles. The lowest BCUT2D eigenvalue weighted by molar-refractivity contribution is 0.108. The minimum atomic E-state index is -0.488. The van der Waals surface area contributed by atoms with E-state index in [-0.39, 0.29) is 0 Å². The summed E-state index contributed by atoms with van der Waals surface area (Å²) in [6.07, 6.45) is 0. The van der Waals surface area contributed by atoms with Gasteiger partial charge in [0, 0.05) is 5.38 Å². The molecule has 0 fully saturated rings. The van der Waals surface area contributed by atoms with Crippen LogP contribution in [0.4, 0.5) is 0 Å². The first-order valence-electron chi connectivity index (χ1n) is 2.67. The van der Waals surface area contributed by atoms with Crippen molar-refractivity contribution in [3.63, 3.8) is 0 Å². The number of hydrogen-bond donors (Lipinski definition) is 0. The van der Waals surface area contributed by atoms with Gasteiger partial charge in [-0.05, 0) is 27.5 Å². The zero-order chi connectivity index (χ0) is 8.43. The Bertz CT molecular complexity index is 284. The number of carbonyl (C=O) groups is 1. The Labute approximate surface area is 81.2 Å². The van der Waals surface area contributed by atoms with Crippen LogP contribution in [0, 0.1) is 0 Å². The Morgan fingerprint density at radius 3 is 2.82 bits per heavy atom. The fraction of sp³-hybridized carbons (Fsp3) is 0.167. The molecule has 1 heterocycles. The monoisotopic (exact) mass is 254 g/mol. The largest absolute Gasteiger partial charge is 0.494 e. The lowest BCUT2D eigenvalue weighted by Gasteiger charge is -1.97. The Morgan fingerprint density at radius 1 is 1.82 bits per heavy atom. The van der Waals surface area contributed by atoms with E-state index in [0.29, 0.717) is 10.6 Å². The van der Waals surface area contributed by atoms with Crippen molar-refractivity contribution >= 4 is 44.1 Å². The predicted octanol–water partition coefficient (Wildman–Crippen LogP) is 2.90. The molecule has 0 spiro atoms. The van der Waals surface area contributed by atoms with E-state index in [1.807, 2.05) is 0 Å². The standard InChI is InChI=1S/C6H4BrClO2S/c1-10-4-3(7)2-11-5(4)6(8)9/h2H,1H3. The molecule has 0 aliphatic carbocycles. The Morgan fingerprint density at radius 2 is 2.45 bits per heavy atom. The summed E-state index contributed by atoms with van der Waals surface area (Å²) in [6.45, 7) is 0. The summed E-state index contributed by atoms with van der Waals surface area (Å²) < 4.78 is 5.69. The molecule has 0 bridgehead atoms. The van der Waals surface area contributed by atoms with Gasteiger partial charge in [0.15, 0.2) is 5.75 Å². The Hall–Kier alpha value is -0.0600. The molecule has 1 aromatic heterocycles. The fourth-order valence-electron chi connectivity index (χ4n) is 0.652. The first-order valence-corrected chi connectivity index (χ1v) is 4.72. The molecule has 1 rings (SSSR count). The van der Waals surface area contributed by atoms with Crippen LogP contribution in [0.3, 0.4) is 0 Å². The number of hydrogen-bond acceptors (Lipinski definition) is 3. The number of carbonyl (C=O) groups excluding carboxylic acids is 1. The maximum atomic E-state index is 10.7. The summed E-state index contributed by atoms with van der Waals surface area (Å²) >= 11 is 9.75. The van der Waals surface area contributed by atoms with Gasteiger partial charge in [0.05, 0.1) is 11.6 Å². The predicted molar refractivity (Wildman–Crippen MR) is 48.8 cm³/mol. The van der Waals surface area contributed by atoms with E-state index in [4.69, 9.17) is 16.3 Å². The maximum Gasteiger partial charge on any atom is 0.266 e. The average molecular weight is 256 g/mol. The van der Waals surface area contributed by atoms with Gasteiger partial charge in [-0.1, -0.05) is 0 Å². The summed E-state index contributed by atoms with van der Waals surface area (Å²) in [6, 6.07) is 0. The molecule has 2 nitrogen and oxygen atoms in total. The van der Waals surface area contributed by atoms with Gasteiger partial charge in [-0.15, -0.1) is 11.3 Å². The van der Waals surface area contributed by atoms with Gasteiger partial charge in [-0.2, -0.15) is 0 Å². The summed E-state index contributed by atoms with van der Waals surface area (Å²) in [5.41, 5.74) is 0. The molecule has 0 amide bonds. The van der Waals surface area contributed by atoms with E-state index in [1.165, 1.54) is 18.4 Å². The van der Waals surface area contributed by atoms with E-state index in [9.17, 15) is 4.79 Å². The van der Waals surface area contributed by atoms with Crippen molar-refractivity contribution in [3.05, 3.63) is 14.7 Å². The number of rotatable bonds is 2. The molecule has 0 atom stereocenters. The molecule has 0 unspecified atom stereocenters. The molecule has 0 aliphatic heterocycles. The van der Waals surface area contributed by atoms with Gasteiger partial charge in [0.2, 0.25) is 0 Å². The third-order valence-electron chi connectivity index (χ3n) is 1.09. The fourth-order valence-corrected chi connectivity index (χ4v) is 2.36. The summed E-state index contributed by atoms with van der Waals surface area (Å²) in [7, 11) is 1.50. The van der Waals surface area contributed by atoms with Gasteiger partial charge in [-0.3, -0.25) is 4.79 Å². The van der Waals surface area contributed by atoms with E-state index >= 15 is 0 Å². The van der Waals surface area contributed by atoms with Crippen molar-refractivity contribution in [2.24, 2.45) is 0 Å². The number of thiophene rings is 1. The lowest BCUT2D eigenvalue weighted by Crippen LogP contribution is -1.89. The average Bonchev–Trinajstić information content (AvgIpc) is 2.30. The Balaban J connectivity index is 3.15. The summed E-state index contributed by atoms with van der Waals surface area (Å²) in [5, 5.41) is 1.27. The van der Waals surface area contributed by atoms with Gasteiger partial charge >= 0.3 is 0 Å². The van der Waals surface area contributed by atoms with Crippen molar-refractivity contribution in [2.75, 3.05) is 7.11 Å². The minimum absolute atomic E-state index is 0.432. The van der Waals surface area contributed by atoms with Crippen LogP contribution in [0.25, 0.3) is 0 Å².